The first-order valence-corrected chi connectivity index (χ1v) is 7.26. The van der Waals surface area contributed by atoms with E-state index < -0.39 is 6.10 Å². The van der Waals surface area contributed by atoms with Gasteiger partial charge in [-0.25, -0.2) is 0 Å². The summed E-state index contributed by atoms with van der Waals surface area (Å²) in [6, 6.07) is 9.15. The molecule has 0 radical (unpaired) electrons. The molecule has 2 aromatic rings. The van der Waals surface area contributed by atoms with Crippen LogP contribution < -0.4 is 9.47 Å². The molecular formula is C14H13ClO3S. The average molecular weight is 297 g/mol. The van der Waals surface area contributed by atoms with Crippen molar-refractivity contribution in [2.45, 2.75) is 12.5 Å². The van der Waals surface area contributed by atoms with Gasteiger partial charge in [0.15, 0.2) is 11.5 Å². The second-order valence-corrected chi connectivity index (χ2v) is 6.05. The normalized spacial score (nSPS) is 15.9. The Labute approximate surface area is 120 Å². The number of aliphatic hydroxyl groups excluding tert-OH is 1. The van der Waals surface area contributed by atoms with Gasteiger partial charge in [0.05, 0.1) is 17.6 Å². The van der Waals surface area contributed by atoms with E-state index in [1.54, 1.807) is 6.07 Å². The van der Waals surface area contributed by atoms with Crippen LogP contribution in [-0.2, 0) is 0 Å². The molecule has 1 unspecified atom stereocenters. The molecule has 1 aliphatic rings. The van der Waals surface area contributed by atoms with Crippen LogP contribution in [0.25, 0.3) is 0 Å². The van der Waals surface area contributed by atoms with Gasteiger partial charge in [-0.05, 0) is 29.8 Å². The molecule has 0 bridgehead atoms. The lowest BCUT2D eigenvalue weighted by Crippen LogP contribution is -1.99. The minimum absolute atomic E-state index is 0.636. The number of thiophene rings is 1. The maximum atomic E-state index is 10.3. The van der Waals surface area contributed by atoms with Crippen LogP contribution in [0.2, 0.25) is 4.34 Å². The van der Waals surface area contributed by atoms with E-state index in [-0.39, 0.29) is 0 Å². The molecule has 0 aliphatic carbocycles. The van der Waals surface area contributed by atoms with E-state index in [0.717, 1.165) is 22.6 Å². The Morgan fingerprint density at radius 1 is 1.11 bits per heavy atom. The van der Waals surface area contributed by atoms with Crippen molar-refractivity contribution in [1.29, 1.82) is 0 Å². The highest BCUT2D eigenvalue weighted by molar-refractivity contribution is 7.16. The lowest BCUT2D eigenvalue weighted by molar-refractivity contribution is 0.223. The molecule has 0 saturated carbocycles. The summed E-state index contributed by atoms with van der Waals surface area (Å²) in [6.07, 6.45) is 0.183. The zero-order valence-corrected chi connectivity index (χ0v) is 11.7. The number of hydrogen-bond donors (Lipinski definition) is 1. The fourth-order valence-corrected chi connectivity index (χ4v) is 3.06. The second kappa shape index (κ2) is 5.41. The van der Waals surface area contributed by atoms with E-state index in [4.69, 9.17) is 21.1 Å². The van der Waals surface area contributed by atoms with Gasteiger partial charge in [-0.3, -0.25) is 0 Å². The first-order valence-electron chi connectivity index (χ1n) is 6.07. The molecule has 5 heteroatoms. The van der Waals surface area contributed by atoms with Gasteiger partial charge in [0, 0.05) is 11.3 Å². The molecule has 1 aromatic carbocycles. The number of aliphatic hydroxyl groups is 1. The van der Waals surface area contributed by atoms with Gasteiger partial charge in [-0.2, -0.15) is 0 Å². The average Bonchev–Trinajstić information content (AvgIpc) is 2.72. The van der Waals surface area contributed by atoms with Crippen molar-refractivity contribution in [2.24, 2.45) is 0 Å². The first-order chi connectivity index (χ1) is 9.24. The van der Waals surface area contributed by atoms with Gasteiger partial charge in [0.2, 0.25) is 0 Å². The molecule has 3 rings (SSSR count). The Kier molecular flexibility index (Phi) is 3.64. The molecule has 1 aliphatic heterocycles. The van der Waals surface area contributed by atoms with Crippen LogP contribution in [0.5, 0.6) is 11.5 Å². The van der Waals surface area contributed by atoms with Crippen LogP contribution in [0.4, 0.5) is 0 Å². The number of rotatable bonds is 2. The number of benzene rings is 1. The van der Waals surface area contributed by atoms with Gasteiger partial charge in [0.25, 0.3) is 0 Å². The van der Waals surface area contributed by atoms with E-state index in [0.29, 0.717) is 23.3 Å². The Morgan fingerprint density at radius 2 is 1.89 bits per heavy atom. The molecule has 1 atom stereocenters. The summed E-state index contributed by atoms with van der Waals surface area (Å²) in [7, 11) is 0. The van der Waals surface area contributed by atoms with Crippen molar-refractivity contribution >= 4 is 22.9 Å². The highest BCUT2D eigenvalue weighted by atomic mass is 35.5. The van der Waals surface area contributed by atoms with E-state index in [1.807, 2.05) is 24.3 Å². The highest BCUT2D eigenvalue weighted by Crippen LogP contribution is 2.36. The molecule has 0 amide bonds. The third-order valence-corrected chi connectivity index (χ3v) is 4.23. The maximum absolute atomic E-state index is 10.3. The number of fused-ring (bicyclic) bond motifs is 1. The summed E-state index contributed by atoms with van der Waals surface area (Å²) in [5.74, 6) is 1.43. The van der Waals surface area contributed by atoms with Crippen molar-refractivity contribution in [1.82, 2.24) is 0 Å². The summed E-state index contributed by atoms with van der Waals surface area (Å²) in [4.78, 5) is 0.819. The molecule has 1 aromatic heterocycles. The zero-order chi connectivity index (χ0) is 13.2. The van der Waals surface area contributed by atoms with Gasteiger partial charge in [-0.1, -0.05) is 17.7 Å². The molecule has 3 nitrogen and oxygen atoms in total. The van der Waals surface area contributed by atoms with Gasteiger partial charge >= 0.3 is 0 Å². The van der Waals surface area contributed by atoms with Gasteiger partial charge in [0.1, 0.15) is 6.10 Å². The number of halogens is 1. The molecule has 0 saturated heterocycles. The van der Waals surface area contributed by atoms with Crippen molar-refractivity contribution in [3.8, 4) is 11.5 Å². The molecule has 2 heterocycles. The van der Waals surface area contributed by atoms with Crippen LogP contribution in [-0.4, -0.2) is 18.3 Å². The zero-order valence-electron chi connectivity index (χ0n) is 10.1. The monoisotopic (exact) mass is 296 g/mol. The smallest absolute Gasteiger partial charge is 0.161 e. The summed E-state index contributed by atoms with van der Waals surface area (Å²) in [6.45, 7) is 1.30. The summed E-state index contributed by atoms with van der Waals surface area (Å²) < 4.78 is 11.9. The first kappa shape index (κ1) is 12.8. The van der Waals surface area contributed by atoms with Crippen molar-refractivity contribution in [2.75, 3.05) is 13.2 Å². The van der Waals surface area contributed by atoms with Crippen LogP contribution in [0, 0.1) is 0 Å². The SMILES string of the molecule is OC(c1ccc2c(c1)OCCCO2)c1ccc(Cl)s1. The molecule has 0 fully saturated rings. The van der Waals surface area contributed by atoms with Crippen molar-refractivity contribution in [3.63, 3.8) is 0 Å². The topological polar surface area (TPSA) is 38.7 Å². The Balaban J connectivity index is 1.91. The lowest BCUT2D eigenvalue weighted by atomic mass is 10.1. The van der Waals surface area contributed by atoms with E-state index in [2.05, 4.69) is 0 Å². The molecular weight excluding hydrogens is 284 g/mol. The minimum Gasteiger partial charge on any atom is -0.490 e. The van der Waals surface area contributed by atoms with Crippen LogP contribution in [0.15, 0.2) is 30.3 Å². The summed E-state index contributed by atoms with van der Waals surface area (Å²) in [5, 5.41) is 10.3. The molecule has 100 valence electrons. The van der Waals surface area contributed by atoms with E-state index in [9.17, 15) is 5.11 Å². The summed E-state index contributed by atoms with van der Waals surface area (Å²) >= 11 is 7.27. The van der Waals surface area contributed by atoms with Gasteiger partial charge < -0.3 is 14.6 Å². The molecule has 0 spiro atoms. The molecule has 19 heavy (non-hydrogen) atoms. The third kappa shape index (κ3) is 2.71. The predicted molar refractivity (Wildman–Crippen MR) is 75.4 cm³/mol. The number of hydrogen-bond acceptors (Lipinski definition) is 4. The fraction of sp³-hybridized carbons (Fsp3) is 0.286. The maximum Gasteiger partial charge on any atom is 0.161 e. The Hall–Kier alpha value is -1.23. The minimum atomic E-state index is -0.686. The Morgan fingerprint density at radius 3 is 2.63 bits per heavy atom. The van der Waals surface area contributed by atoms with Crippen LogP contribution in [0.1, 0.15) is 23.0 Å². The predicted octanol–water partition coefficient (Wildman–Crippen LogP) is 3.64. The highest BCUT2D eigenvalue weighted by Gasteiger charge is 2.17. The van der Waals surface area contributed by atoms with E-state index in [1.165, 1.54) is 11.3 Å². The quantitative estimate of drug-likeness (QED) is 0.919. The van der Waals surface area contributed by atoms with E-state index >= 15 is 0 Å². The van der Waals surface area contributed by atoms with Crippen LogP contribution in [0.3, 0.4) is 0 Å². The fourth-order valence-electron chi connectivity index (χ4n) is 1.99. The second-order valence-electron chi connectivity index (χ2n) is 4.30. The van der Waals surface area contributed by atoms with Gasteiger partial charge in [-0.15, -0.1) is 11.3 Å². The largest absolute Gasteiger partial charge is 0.490 e. The summed E-state index contributed by atoms with van der Waals surface area (Å²) in [5.41, 5.74) is 0.780. The Bertz CT molecular complexity index is 582. The van der Waals surface area contributed by atoms with Crippen LogP contribution >= 0.6 is 22.9 Å². The third-order valence-electron chi connectivity index (χ3n) is 2.95. The molecule has 1 N–H and O–H groups in total. The van der Waals surface area contributed by atoms with Crippen molar-refractivity contribution in [3.05, 3.63) is 45.1 Å². The lowest BCUT2D eigenvalue weighted by Gasteiger charge is -2.12. The van der Waals surface area contributed by atoms with Crippen molar-refractivity contribution < 1.29 is 14.6 Å². The standard InChI is InChI=1S/C14H13ClO3S/c15-13-5-4-12(19-13)14(16)9-2-3-10-11(8-9)18-7-1-6-17-10/h2-5,8,14,16H,1,6-7H2. The number of ether oxygens (including phenoxy) is 2.